The van der Waals surface area contributed by atoms with E-state index < -0.39 is 0 Å². The lowest BCUT2D eigenvalue weighted by atomic mass is 9.68. The van der Waals surface area contributed by atoms with E-state index in [9.17, 15) is 0 Å². The van der Waals surface area contributed by atoms with Gasteiger partial charge in [-0.2, -0.15) is 0 Å². The van der Waals surface area contributed by atoms with Gasteiger partial charge in [-0.3, -0.25) is 4.90 Å². The lowest BCUT2D eigenvalue weighted by molar-refractivity contribution is 0.106. The molecule has 1 aliphatic rings. The Morgan fingerprint density at radius 2 is 2.16 bits per heavy atom. The van der Waals surface area contributed by atoms with Gasteiger partial charge in [-0.05, 0) is 50.3 Å². The molecular formula is C16H28N2O. The van der Waals surface area contributed by atoms with Crippen LogP contribution in [0.2, 0.25) is 0 Å². The van der Waals surface area contributed by atoms with Gasteiger partial charge in [0.15, 0.2) is 0 Å². The van der Waals surface area contributed by atoms with E-state index in [0.717, 1.165) is 24.6 Å². The Bertz CT molecular complexity index is 411. The summed E-state index contributed by atoms with van der Waals surface area (Å²) in [5.74, 6) is 2.63. The fourth-order valence-corrected chi connectivity index (χ4v) is 3.31. The Morgan fingerprint density at radius 3 is 2.79 bits per heavy atom. The van der Waals surface area contributed by atoms with E-state index in [1.54, 1.807) is 0 Å². The second-order valence-electron chi connectivity index (χ2n) is 6.88. The van der Waals surface area contributed by atoms with Crippen molar-refractivity contribution in [3.05, 3.63) is 23.7 Å². The Hall–Kier alpha value is -0.800. The summed E-state index contributed by atoms with van der Waals surface area (Å²) in [5.41, 5.74) is 6.74. The Balaban J connectivity index is 1.89. The second kappa shape index (κ2) is 5.68. The van der Waals surface area contributed by atoms with Gasteiger partial charge in [0, 0.05) is 12.6 Å². The first-order valence-electron chi connectivity index (χ1n) is 7.38. The molecule has 3 heteroatoms. The number of rotatable bonds is 4. The summed E-state index contributed by atoms with van der Waals surface area (Å²) in [5, 5.41) is 0. The fraction of sp³-hybridized carbons (Fsp3) is 0.750. The minimum atomic E-state index is 0.283. The van der Waals surface area contributed by atoms with Crippen LogP contribution < -0.4 is 5.73 Å². The Kier molecular flexibility index (Phi) is 4.36. The molecular weight excluding hydrogens is 236 g/mol. The summed E-state index contributed by atoms with van der Waals surface area (Å²) < 4.78 is 5.64. The molecule has 108 valence electrons. The van der Waals surface area contributed by atoms with Crippen molar-refractivity contribution in [2.24, 2.45) is 17.1 Å². The zero-order valence-electron chi connectivity index (χ0n) is 12.8. The summed E-state index contributed by atoms with van der Waals surface area (Å²) >= 11 is 0. The standard InChI is InChI=1S/C16H28N2O/c1-12-7-8-14(19-12)11-18(4)10-13-6-5-9-16(2,3)15(13)17/h7-8,13,15H,5-6,9-11,17H2,1-4H3. The molecule has 0 saturated heterocycles. The van der Waals surface area contributed by atoms with Crippen molar-refractivity contribution >= 4 is 0 Å². The van der Waals surface area contributed by atoms with Gasteiger partial charge in [-0.1, -0.05) is 20.3 Å². The van der Waals surface area contributed by atoms with Crippen LogP contribution >= 0.6 is 0 Å². The van der Waals surface area contributed by atoms with E-state index in [1.165, 1.54) is 19.3 Å². The molecule has 0 spiro atoms. The van der Waals surface area contributed by atoms with Gasteiger partial charge >= 0.3 is 0 Å². The van der Waals surface area contributed by atoms with Crippen molar-refractivity contribution in [1.29, 1.82) is 0 Å². The fourth-order valence-electron chi connectivity index (χ4n) is 3.31. The molecule has 2 unspecified atom stereocenters. The SMILES string of the molecule is Cc1ccc(CN(C)CC2CCCC(C)(C)C2N)o1. The highest BCUT2D eigenvalue weighted by Gasteiger charge is 2.36. The lowest BCUT2D eigenvalue weighted by Gasteiger charge is -2.43. The highest BCUT2D eigenvalue weighted by Crippen LogP contribution is 2.37. The third-order valence-electron chi connectivity index (χ3n) is 4.57. The van der Waals surface area contributed by atoms with E-state index in [4.69, 9.17) is 10.2 Å². The number of furan rings is 1. The normalized spacial score (nSPS) is 26.8. The average molecular weight is 264 g/mol. The van der Waals surface area contributed by atoms with Crippen LogP contribution in [0.4, 0.5) is 0 Å². The minimum Gasteiger partial charge on any atom is -0.465 e. The van der Waals surface area contributed by atoms with Crippen LogP contribution in [0.1, 0.15) is 44.6 Å². The molecule has 0 aliphatic heterocycles. The van der Waals surface area contributed by atoms with Gasteiger partial charge in [0.2, 0.25) is 0 Å². The van der Waals surface area contributed by atoms with E-state index >= 15 is 0 Å². The highest BCUT2D eigenvalue weighted by molar-refractivity contribution is 5.05. The summed E-state index contributed by atoms with van der Waals surface area (Å²) in [6.07, 6.45) is 3.82. The van der Waals surface area contributed by atoms with Crippen LogP contribution in [0.15, 0.2) is 16.5 Å². The van der Waals surface area contributed by atoms with Crippen LogP contribution in [-0.2, 0) is 6.54 Å². The summed E-state index contributed by atoms with van der Waals surface area (Å²) in [7, 11) is 2.16. The molecule has 2 N–H and O–H groups in total. The average Bonchev–Trinajstić information content (AvgIpc) is 2.70. The largest absolute Gasteiger partial charge is 0.465 e. The molecule has 2 rings (SSSR count). The second-order valence-corrected chi connectivity index (χ2v) is 6.88. The highest BCUT2D eigenvalue weighted by atomic mass is 16.3. The molecule has 1 saturated carbocycles. The van der Waals surface area contributed by atoms with Crippen LogP contribution in [0, 0.1) is 18.3 Å². The molecule has 0 radical (unpaired) electrons. The Labute approximate surface area is 117 Å². The molecule has 19 heavy (non-hydrogen) atoms. The first kappa shape index (κ1) is 14.6. The van der Waals surface area contributed by atoms with Crippen LogP contribution in [0.5, 0.6) is 0 Å². The summed E-state index contributed by atoms with van der Waals surface area (Å²) in [4.78, 5) is 2.34. The zero-order chi connectivity index (χ0) is 14.0. The van der Waals surface area contributed by atoms with Crippen molar-refractivity contribution in [3.63, 3.8) is 0 Å². The first-order chi connectivity index (χ1) is 8.88. The minimum absolute atomic E-state index is 0.283. The van der Waals surface area contributed by atoms with E-state index in [-0.39, 0.29) is 5.41 Å². The van der Waals surface area contributed by atoms with Gasteiger partial charge in [0.1, 0.15) is 11.5 Å². The Morgan fingerprint density at radius 1 is 1.42 bits per heavy atom. The summed E-state index contributed by atoms with van der Waals surface area (Å²) in [6, 6.07) is 4.40. The smallest absolute Gasteiger partial charge is 0.118 e. The van der Waals surface area contributed by atoms with Gasteiger partial charge in [-0.25, -0.2) is 0 Å². The maximum Gasteiger partial charge on any atom is 0.118 e. The van der Waals surface area contributed by atoms with Gasteiger partial charge in [0.25, 0.3) is 0 Å². The van der Waals surface area contributed by atoms with Gasteiger partial charge in [0.05, 0.1) is 6.54 Å². The zero-order valence-corrected chi connectivity index (χ0v) is 12.8. The monoisotopic (exact) mass is 264 g/mol. The van der Waals surface area contributed by atoms with Crippen LogP contribution in [0.3, 0.4) is 0 Å². The van der Waals surface area contributed by atoms with Crippen LogP contribution in [0.25, 0.3) is 0 Å². The van der Waals surface area contributed by atoms with E-state index in [0.29, 0.717) is 12.0 Å². The molecule has 2 atom stereocenters. The molecule has 1 aromatic rings. The number of nitrogens with zero attached hydrogens (tertiary/aromatic N) is 1. The van der Waals surface area contributed by atoms with E-state index in [1.807, 2.05) is 13.0 Å². The third kappa shape index (κ3) is 3.61. The maximum atomic E-state index is 6.45. The summed E-state index contributed by atoms with van der Waals surface area (Å²) in [6.45, 7) is 8.53. The number of hydrogen-bond acceptors (Lipinski definition) is 3. The predicted octanol–water partition coefficient (Wildman–Crippen LogP) is 3.17. The van der Waals surface area contributed by atoms with Crippen molar-refractivity contribution in [3.8, 4) is 0 Å². The molecule has 1 heterocycles. The van der Waals surface area contributed by atoms with Crippen molar-refractivity contribution in [2.45, 2.75) is 52.6 Å². The topological polar surface area (TPSA) is 42.4 Å². The molecule has 0 aromatic carbocycles. The molecule has 3 nitrogen and oxygen atoms in total. The van der Waals surface area contributed by atoms with Gasteiger partial charge < -0.3 is 10.2 Å². The van der Waals surface area contributed by atoms with Crippen molar-refractivity contribution in [2.75, 3.05) is 13.6 Å². The van der Waals surface area contributed by atoms with Crippen LogP contribution in [-0.4, -0.2) is 24.5 Å². The molecule has 1 fully saturated rings. The quantitative estimate of drug-likeness (QED) is 0.908. The molecule has 1 aromatic heterocycles. The van der Waals surface area contributed by atoms with Gasteiger partial charge in [-0.15, -0.1) is 0 Å². The number of nitrogens with two attached hydrogens (primary N) is 1. The molecule has 0 bridgehead atoms. The maximum absolute atomic E-state index is 6.45. The third-order valence-corrected chi connectivity index (χ3v) is 4.57. The molecule has 1 aliphatic carbocycles. The number of aryl methyl sites for hydroxylation is 1. The molecule has 0 amide bonds. The van der Waals surface area contributed by atoms with E-state index in [2.05, 4.69) is 31.9 Å². The lowest BCUT2D eigenvalue weighted by Crippen LogP contribution is -2.49. The predicted molar refractivity (Wildman–Crippen MR) is 78.9 cm³/mol. The number of hydrogen-bond donors (Lipinski definition) is 1. The first-order valence-corrected chi connectivity index (χ1v) is 7.38. The van der Waals surface area contributed by atoms with Crippen molar-refractivity contribution < 1.29 is 4.42 Å². The van der Waals surface area contributed by atoms with Crippen molar-refractivity contribution in [1.82, 2.24) is 4.90 Å².